The molecule has 1 aliphatic heterocycles. The van der Waals surface area contributed by atoms with Gasteiger partial charge in [0.15, 0.2) is 0 Å². The van der Waals surface area contributed by atoms with Crippen molar-refractivity contribution in [3.8, 4) is 12.1 Å². The number of hydrogen-bond donors (Lipinski definition) is 3. The molecule has 0 bridgehead atoms. The molecule has 2 heterocycles. The summed E-state index contributed by atoms with van der Waals surface area (Å²) in [6, 6.07) is 13.8. The molecule has 31 heavy (non-hydrogen) atoms. The number of nitrogens with two attached hydrogens (primary N) is 1. The lowest BCUT2D eigenvalue weighted by molar-refractivity contribution is -0.117. The Labute approximate surface area is 186 Å². The van der Waals surface area contributed by atoms with Crippen molar-refractivity contribution < 1.29 is 4.79 Å². The number of carbonyl (C=O) groups excluding carboxylic acids is 1. The zero-order valence-corrected chi connectivity index (χ0v) is 18.4. The summed E-state index contributed by atoms with van der Waals surface area (Å²) in [5.41, 5.74) is 14.1. The van der Waals surface area contributed by atoms with E-state index < -0.39 is 11.2 Å². The number of amides is 1. The SMILES string of the molecule is CCc1c(C#N)c(SC(C(N)=O)c2ccccc2)nc(N(C)CC2CCNN2)c1C#N. The Hall–Kier alpha value is -3.11. The van der Waals surface area contributed by atoms with Gasteiger partial charge in [-0.3, -0.25) is 15.6 Å². The van der Waals surface area contributed by atoms with E-state index in [9.17, 15) is 15.3 Å². The minimum absolute atomic E-state index is 0.220. The summed E-state index contributed by atoms with van der Waals surface area (Å²) in [6.07, 6.45) is 1.46. The number of nitriles is 2. The van der Waals surface area contributed by atoms with E-state index in [0.717, 1.165) is 30.3 Å². The Kier molecular flexibility index (Phi) is 7.48. The number of nitrogens with one attached hydrogen (secondary N) is 2. The number of carbonyl (C=O) groups is 1. The number of nitrogens with zero attached hydrogens (tertiary/aromatic N) is 4. The van der Waals surface area contributed by atoms with Crippen LogP contribution in [-0.4, -0.2) is 37.1 Å². The van der Waals surface area contributed by atoms with Gasteiger partial charge in [-0.2, -0.15) is 10.5 Å². The number of hydrazine groups is 1. The number of likely N-dealkylation sites (N-methyl/N-ethyl adjacent to an activating group) is 1. The molecule has 8 nitrogen and oxygen atoms in total. The fourth-order valence-corrected chi connectivity index (χ4v) is 4.72. The van der Waals surface area contributed by atoms with E-state index >= 15 is 0 Å². The second kappa shape index (κ2) is 10.3. The first-order valence-electron chi connectivity index (χ1n) is 10.1. The van der Waals surface area contributed by atoms with Gasteiger partial charge >= 0.3 is 0 Å². The highest BCUT2D eigenvalue weighted by molar-refractivity contribution is 8.00. The summed E-state index contributed by atoms with van der Waals surface area (Å²) in [4.78, 5) is 18.9. The summed E-state index contributed by atoms with van der Waals surface area (Å²) in [5, 5.41) is 19.4. The van der Waals surface area contributed by atoms with Crippen LogP contribution in [0.4, 0.5) is 5.82 Å². The molecule has 1 aromatic heterocycles. The van der Waals surface area contributed by atoms with Crippen LogP contribution in [-0.2, 0) is 11.2 Å². The number of benzene rings is 1. The molecule has 0 saturated carbocycles. The van der Waals surface area contributed by atoms with Crippen LogP contribution in [0, 0.1) is 22.7 Å². The van der Waals surface area contributed by atoms with Gasteiger partial charge in [0, 0.05) is 26.2 Å². The number of anilines is 1. The zero-order chi connectivity index (χ0) is 22.4. The van der Waals surface area contributed by atoms with Gasteiger partial charge < -0.3 is 10.6 Å². The molecule has 2 atom stereocenters. The van der Waals surface area contributed by atoms with Crippen LogP contribution in [0.1, 0.15) is 40.8 Å². The second-order valence-corrected chi connectivity index (χ2v) is 8.39. The van der Waals surface area contributed by atoms with Crippen molar-refractivity contribution in [3.63, 3.8) is 0 Å². The summed E-state index contributed by atoms with van der Waals surface area (Å²) in [7, 11) is 1.88. The van der Waals surface area contributed by atoms with Crippen molar-refractivity contribution in [2.75, 3.05) is 25.0 Å². The first kappa shape index (κ1) is 22.6. The fraction of sp³-hybridized carbons (Fsp3) is 0.364. The highest BCUT2D eigenvalue weighted by Crippen LogP contribution is 2.39. The van der Waals surface area contributed by atoms with Crippen LogP contribution in [0.15, 0.2) is 35.4 Å². The molecule has 0 aliphatic carbocycles. The van der Waals surface area contributed by atoms with Gasteiger partial charge in [-0.1, -0.05) is 49.0 Å². The predicted molar refractivity (Wildman–Crippen MR) is 120 cm³/mol. The van der Waals surface area contributed by atoms with Crippen LogP contribution in [0.25, 0.3) is 0 Å². The molecule has 1 aromatic carbocycles. The van der Waals surface area contributed by atoms with Crippen LogP contribution in [0.5, 0.6) is 0 Å². The first-order chi connectivity index (χ1) is 15.0. The number of thioether (sulfide) groups is 1. The van der Waals surface area contributed by atoms with E-state index in [-0.39, 0.29) is 6.04 Å². The maximum absolute atomic E-state index is 12.2. The molecule has 9 heteroatoms. The average molecular weight is 436 g/mol. The maximum atomic E-state index is 12.2. The largest absolute Gasteiger partial charge is 0.368 e. The monoisotopic (exact) mass is 435 g/mol. The topological polar surface area (TPSA) is 131 Å². The molecule has 1 aliphatic rings. The lowest BCUT2D eigenvalue weighted by Crippen LogP contribution is -2.39. The first-order valence-corrected chi connectivity index (χ1v) is 11.0. The van der Waals surface area contributed by atoms with E-state index in [1.165, 1.54) is 0 Å². The minimum Gasteiger partial charge on any atom is -0.368 e. The third-order valence-corrected chi connectivity index (χ3v) is 6.45. The lowest BCUT2D eigenvalue weighted by Gasteiger charge is -2.25. The summed E-state index contributed by atoms with van der Waals surface area (Å²) in [5.74, 6) is -0.00809. The molecule has 1 fully saturated rings. The minimum atomic E-state index is -0.697. The second-order valence-electron chi connectivity index (χ2n) is 7.29. The highest BCUT2D eigenvalue weighted by Gasteiger charge is 2.27. The molecule has 4 N–H and O–H groups in total. The molecular weight excluding hydrogens is 410 g/mol. The van der Waals surface area contributed by atoms with Crippen LogP contribution < -0.4 is 21.5 Å². The zero-order valence-electron chi connectivity index (χ0n) is 17.6. The predicted octanol–water partition coefficient (Wildman–Crippen LogP) is 2.01. The Morgan fingerprint density at radius 2 is 2.03 bits per heavy atom. The summed E-state index contributed by atoms with van der Waals surface area (Å²) < 4.78 is 0. The molecule has 1 saturated heterocycles. The Bertz CT molecular complexity index is 1020. The van der Waals surface area contributed by atoms with Gasteiger partial charge in [-0.05, 0) is 24.0 Å². The van der Waals surface area contributed by atoms with E-state index in [1.807, 2.05) is 49.2 Å². The highest BCUT2D eigenvalue weighted by atomic mass is 32.2. The lowest BCUT2D eigenvalue weighted by atomic mass is 10.0. The molecule has 0 spiro atoms. The van der Waals surface area contributed by atoms with E-state index in [0.29, 0.717) is 40.5 Å². The van der Waals surface area contributed by atoms with Gasteiger partial charge in [-0.15, -0.1) is 0 Å². The van der Waals surface area contributed by atoms with Crippen LogP contribution in [0.2, 0.25) is 0 Å². The van der Waals surface area contributed by atoms with Gasteiger partial charge in [0.2, 0.25) is 5.91 Å². The van der Waals surface area contributed by atoms with Crippen molar-refractivity contribution in [1.82, 2.24) is 15.8 Å². The smallest absolute Gasteiger partial charge is 0.235 e. The van der Waals surface area contributed by atoms with Gasteiger partial charge in [0.05, 0.1) is 11.1 Å². The van der Waals surface area contributed by atoms with Gasteiger partial charge in [0.25, 0.3) is 0 Å². The van der Waals surface area contributed by atoms with Gasteiger partial charge in [-0.25, -0.2) is 4.98 Å². The number of aromatic nitrogens is 1. The van der Waals surface area contributed by atoms with Crippen molar-refractivity contribution in [2.45, 2.75) is 36.1 Å². The number of rotatable bonds is 8. The van der Waals surface area contributed by atoms with Crippen molar-refractivity contribution in [3.05, 3.63) is 52.6 Å². The quantitative estimate of drug-likeness (QED) is 0.537. The van der Waals surface area contributed by atoms with Crippen molar-refractivity contribution >= 4 is 23.5 Å². The fourth-order valence-electron chi connectivity index (χ4n) is 3.66. The molecule has 1 amide bonds. The molecule has 160 valence electrons. The number of primary amides is 1. The normalized spacial score (nSPS) is 16.3. The Balaban J connectivity index is 2.07. The third-order valence-electron chi connectivity index (χ3n) is 5.20. The van der Waals surface area contributed by atoms with Crippen LogP contribution in [0.3, 0.4) is 0 Å². The third kappa shape index (κ3) is 4.97. The molecule has 2 unspecified atom stereocenters. The number of pyridine rings is 1. The standard InChI is InChI=1S/C22H25N7OS/c1-3-16-17(11-23)21(29(2)13-15-9-10-26-28-15)27-22(18(16)12-24)31-19(20(25)30)14-7-5-4-6-8-14/h4-8,15,19,26,28H,3,9-10,13H2,1-2H3,(H2,25,30). The average Bonchev–Trinajstić information content (AvgIpc) is 3.29. The van der Waals surface area contributed by atoms with Crippen molar-refractivity contribution in [1.29, 1.82) is 10.5 Å². The Morgan fingerprint density at radius 1 is 1.32 bits per heavy atom. The maximum Gasteiger partial charge on any atom is 0.235 e. The summed E-state index contributed by atoms with van der Waals surface area (Å²) >= 11 is 1.15. The molecule has 3 rings (SSSR count). The van der Waals surface area contributed by atoms with Crippen LogP contribution >= 0.6 is 11.8 Å². The number of hydrogen-bond acceptors (Lipinski definition) is 8. The Morgan fingerprint density at radius 3 is 2.58 bits per heavy atom. The van der Waals surface area contributed by atoms with Gasteiger partial charge in [0.1, 0.15) is 28.2 Å². The van der Waals surface area contributed by atoms with E-state index in [1.54, 1.807) is 0 Å². The molecule has 0 radical (unpaired) electrons. The van der Waals surface area contributed by atoms with E-state index in [2.05, 4.69) is 23.0 Å². The van der Waals surface area contributed by atoms with Crippen molar-refractivity contribution in [2.24, 2.45) is 5.73 Å². The molecule has 2 aromatic rings. The van der Waals surface area contributed by atoms with E-state index in [4.69, 9.17) is 10.7 Å². The molecular formula is C22H25N7OS. The summed E-state index contributed by atoms with van der Waals surface area (Å²) in [6.45, 7) is 3.43.